The van der Waals surface area contributed by atoms with Gasteiger partial charge in [-0.25, -0.2) is 0 Å². The maximum atomic E-state index is 3.54. The molecule has 0 spiro atoms. The van der Waals surface area contributed by atoms with Crippen LogP contribution in [0.3, 0.4) is 0 Å². The number of rotatable bonds is 1. The Kier molecular flexibility index (Phi) is 2.97. The van der Waals surface area contributed by atoms with Crippen LogP contribution in [0.4, 0.5) is 0 Å². The summed E-state index contributed by atoms with van der Waals surface area (Å²) in [6.07, 6.45) is 1.40. The van der Waals surface area contributed by atoms with Crippen molar-refractivity contribution in [2.75, 3.05) is 37.7 Å². The van der Waals surface area contributed by atoms with Gasteiger partial charge in [0, 0.05) is 24.9 Å². The van der Waals surface area contributed by atoms with Gasteiger partial charge in [0.05, 0.1) is 0 Å². The quantitative estimate of drug-likeness (QED) is 0.750. The molecule has 3 unspecified atom stereocenters. The van der Waals surface area contributed by atoms with Crippen LogP contribution in [-0.4, -0.2) is 48.6 Å². The second-order valence-electron chi connectivity index (χ2n) is 6.46. The van der Waals surface area contributed by atoms with Gasteiger partial charge in [-0.15, -0.1) is 0 Å². The summed E-state index contributed by atoms with van der Waals surface area (Å²) in [5.41, 5.74) is 0.539. The van der Waals surface area contributed by atoms with Crippen LogP contribution in [0.5, 0.6) is 0 Å². The third-order valence-corrected chi connectivity index (χ3v) is 5.97. The first kappa shape index (κ1) is 11.4. The summed E-state index contributed by atoms with van der Waals surface area (Å²) in [5.74, 6) is 4.62. The molecular weight excluding hydrogens is 216 g/mol. The Hall–Kier alpha value is 0.270. The van der Waals surface area contributed by atoms with Gasteiger partial charge in [-0.05, 0) is 42.5 Å². The lowest BCUT2D eigenvalue weighted by molar-refractivity contribution is 0.113. The van der Waals surface area contributed by atoms with Crippen molar-refractivity contribution in [2.45, 2.75) is 26.3 Å². The molecule has 3 aliphatic rings. The van der Waals surface area contributed by atoms with Crippen molar-refractivity contribution in [3.8, 4) is 0 Å². The van der Waals surface area contributed by atoms with E-state index in [2.05, 4.69) is 35.8 Å². The van der Waals surface area contributed by atoms with Crippen molar-refractivity contribution in [3.05, 3.63) is 0 Å². The monoisotopic (exact) mass is 240 g/mol. The maximum absolute atomic E-state index is 3.54. The Morgan fingerprint density at radius 2 is 1.88 bits per heavy atom. The topological polar surface area (TPSA) is 15.3 Å². The lowest BCUT2D eigenvalue weighted by Crippen LogP contribution is -2.49. The fourth-order valence-electron chi connectivity index (χ4n) is 3.67. The van der Waals surface area contributed by atoms with E-state index < -0.39 is 0 Å². The van der Waals surface area contributed by atoms with E-state index in [0.717, 1.165) is 17.9 Å². The van der Waals surface area contributed by atoms with E-state index in [1.54, 1.807) is 0 Å². The maximum Gasteiger partial charge on any atom is 0.0238 e. The average molecular weight is 240 g/mol. The van der Waals surface area contributed by atoms with E-state index in [1.807, 2.05) is 0 Å². The van der Waals surface area contributed by atoms with Gasteiger partial charge in [0.1, 0.15) is 0 Å². The highest BCUT2D eigenvalue weighted by atomic mass is 32.2. The molecule has 3 atom stereocenters. The third kappa shape index (κ3) is 1.91. The second-order valence-corrected chi connectivity index (χ2v) is 7.61. The van der Waals surface area contributed by atoms with Crippen LogP contribution in [0.25, 0.3) is 0 Å². The van der Waals surface area contributed by atoms with Crippen molar-refractivity contribution in [1.82, 2.24) is 10.2 Å². The van der Waals surface area contributed by atoms with E-state index in [9.17, 15) is 0 Å². The van der Waals surface area contributed by atoms with Crippen molar-refractivity contribution >= 4 is 11.8 Å². The van der Waals surface area contributed by atoms with E-state index in [-0.39, 0.29) is 0 Å². The summed E-state index contributed by atoms with van der Waals surface area (Å²) >= 11 is 2.16. The molecule has 3 aliphatic heterocycles. The average Bonchev–Trinajstić information content (AvgIpc) is 2.76. The zero-order valence-corrected chi connectivity index (χ0v) is 11.4. The van der Waals surface area contributed by atoms with Gasteiger partial charge in [0.15, 0.2) is 0 Å². The van der Waals surface area contributed by atoms with Crippen LogP contribution in [0, 0.1) is 17.3 Å². The predicted molar refractivity (Wildman–Crippen MR) is 70.9 cm³/mol. The molecule has 3 fully saturated rings. The van der Waals surface area contributed by atoms with Gasteiger partial charge < -0.3 is 5.32 Å². The number of thioether (sulfide) groups is 1. The highest BCUT2D eigenvalue weighted by Crippen LogP contribution is 2.40. The molecule has 3 saturated heterocycles. The first-order valence-electron chi connectivity index (χ1n) is 6.69. The van der Waals surface area contributed by atoms with Crippen LogP contribution in [0.15, 0.2) is 0 Å². The molecule has 0 amide bonds. The van der Waals surface area contributed by atoms with E-state index in [1.165, 1.54) is 44.1 Å². The van der Waals surface area contributed by atoms with Gasteiger partial charge in [-0.3, -0.25) is 4.90 Å². The molecule has 0 aromatic rings. The summed E-state index contributed by atoms with van der Waals surface area (Å²) in [4.78, 5) is 2.81. The van der Waals surface area contributed by atoms with Gasteiger partial charge in [0.2, 0.25) is 0 Å². The predicted octanol–water partition coefficient (Wildman–Crippen LogP) is 1.67. The zero-order valence-electron chi connectivity index (χ0n) is 10.5. The Bertz CT molecular complexity index is 255. The molecule has 0 aromatic heterocycles. The molecule has 2 nitrogen and oxygen atoms in total. The molecule has 3 rings (SSSR count). The Morgan fingerprint density at radius 1 is 1.19 bits per heavy atom. The van der Waals surface area contributed by atoms with E-state index in [4.69, 9.17) is 0 Å². The van der Waals surface area contributed by atoms with Crippen LogP contribution in [0.2, 0.25) is 0 Å². The van der Waals surface area contributed by atoms with Crippen LogP contribution >= 0.6 is 11.8 Å². The number of hydrogen-bond acceptors (Lipinski definition) is 3. The second kappa shape index (κ2) is 4.18. The minimum absolute atomic E-state index is 0.539. The molecule has 1 N–H and O–H groups in total. The van der Waals surface area contributed by atoms with Crippen LogP contribution < -0.4 is 5.32 Å². The minimum atomic E-state index is 0.539. The molecule has 0 aliphatic carbocycles. The number of nitrogens with one attached hydrogen (secondary N) is 1. The highest BCUT2D eigenvalue weighted by molar-refractivity contribution is 7.99. The van der Waals surface area contributed by atoms with Crippen LogP contribution in [0.1, 0.15) is 20.3 Å². The van der Waals surface area contributed by atoms with E-state index >= 15 is 0 Å². The van der Waals surface area contributed by atoms with Gasteiger partial charge in [-0.2, -0.15) is 11.8 Å². The van der Waals surface area contributed by atoms with Crippen molar-refractivity contribution in [1.29, 1.82) is 0 Å². The summed E-state index contributed by atoms with van der Waals surface area (Å²) in [6, 6.07) is 0.830. The molecule has 0 radical (unpaired) electrons. The first-order valence-corrected chi connectivity index (χ1v) is 7.85. The molecule has 0 aromatic carbocycles. The number of hydrogen-bond donors (Lipinski definition) is 1. The molecule has 92 valence electrons. The van der Waals surface area contributed by atoms with Crippen molar-refractivity contribution in [3.63, 3.8) is 0 Å². The van der Waals surface area contributed by atoms with Gasteiger partial charge in [-0.1, -0.05) is 13.8 Å². The summed E-state index contributed by atoms with van der Waals surface area (Å²) in [6.45, 7) is 10.2. The molecule has 3 heteroatoms. The fourth-order valence-corrected chi connectivity index (χ4v) is 5.39. The number of likely N-dealkylation sites (tertiary alicyclic amines) is 1. The minimum Gasteiger partial charge on any atom is -0.316 e. The number of nitrogens with zero attached hydrogens (tertiary/aromatic N) is 1. The lowest BCUT2D eigenvalue weighted by atomic mass is 9.81. The Morgan fingerprint density at radius 3 is 2.50 bits per heavy atom. The van der Waals surface area contributed by atoms with Crippen LogP contribution in [-0.2, 0) is 0 Å². The first-order chi connectivity index (χ1) is 7.67. The third-order valence-electron chi connectivity index (χ3n) is 4.93. The standard InChI is InChI=1S/C13H24N2S/c1-13(2)3-4-16-9-12(13)15-7-10-5-14-6-11(10)8-15/h10-12,14H,3-9H2,1-2H3. The largest absolute Gasteiger partial charge is 0.316 e. The molecule has 0 bridgehead atoms. The van der Waals surface area contributed by atoms with Gasteiger partial charge >= 0.3 is 0 Å². The molecule has 16 heavy (non-hydrogen) atoms. The lowest BCUT2D eigenvalue weighted by Gasteiger charge is -2.44. The summed E-state index contributed by atoms with van der Waals surface area (Å²) in [5, 5.41) is 3.54. The molecule has 3 heterocycles. The SMILES string of the molecule is CC1(C)CCSCC1N1CC2CNCC2C1. The normalized spacial score (nSPS) is 43.5. The fraction of sp³-hybridized carbons (Fsp3) is 1.00. The highest BCUT2D eigenvalue weighted by Gasteiger charge is 2.43. The van der Waals surface area contributed by atoms with Crippen molar-refractivity contribution in [2.24, 2.45) is 17.3 Å². The summed E-state index contributed by atoms with van der Waals surface area (Å²) < 4.78 is 0. The smallest absolute Gasteiger partial charge is 0.0238 e. The Balaban J connectivity index is 1.69. The molecular formula is C13H24N2S. The van der Waals surface area contributed by atoms with Crippen molar-refractivity contribution < 1.29 is 0 Å². The molecule has 0 saturated carbocycles. The summed E-state index contributed by atoms with van der Waals surface area (Å²) in [7, 11) is 0. The number of fused-ring (bicyclic) bond motifs is 1. The van der Waals surface area contributed by atoms with E-state index in [0.29, 0.717) is 5.41 Å². The zero-order chi connectivity index (χ0) is 11.2. The van der Waals surface area contributed by atoms with Gasteiger partial charge in [0.25, 0.3) is 0 Å². The Labute approximate surface area is 104 Å².